The van der Waals surface area contributed by atoms with E-state index >= 15 is 0 Å². The number of carbonyl (C=O) groups excluding carboxylic acids is 1. The number of aromatic nitrogens is 1. The summed E-state index contributed by atoms with van der Waals surface area (Å²) in [7, 11) is 0. The average Bonchev–Trinajstić information content (AvgIpc) is 3.12. The van der Waals surface area contributed by atoms with E-state index in [1.54, 1.807) is 11.3 Å². The summed E-state index contributed by atoms with van der Waals surface area (Å²) >= 11 is 1.57. The van der Waals surface area contributed by atoms with E-state index in [4.69, 9.17) is 0 Å². The summed E-state index contributed by atoms with van der Waals surface area (Å²) in [6.45, 7) is 5.08. The number of carbonyl (C=O) groups is 1. The van der Waals surface area contributed by atoms with Gasteiger partial charge in [0.05, 0.1) is 17.5 Å². The van der Waals surface area contributed by atoms with Crippen LogP contribution in [0.1, 0.15) is 21.6 Å². The van der Waals surface area contributed by atoms with Crippen molar-refractivity contribution >= 4 is 34.0 Å². The van der Waals surface area contributed by atoms with Crippen LogP contribution in [0.2, 0.25) is 0 Å². The number of nitrogens with zero attached hydrogens (tertiary/aromatic N) is 2. The number of hydrogen-bond donors (Lipinski definition) is 2. The van der Waals surface area contributed by atoms with Crippen molar-refractivity contribution in [2.75, 3.05) is 18.4 Å². The second-order valence-corrected chi connectivity index (χ2v) is 7.19. The van der Waals surface area contributed by atoms with Gasteiger partial charge in [-0.2, -0.15) is 5.26 Å². The van der Waals surface area contributed by atoms with Crippen LogP contribution < -0.4 is 10.6 Å². The normalized spacial score (nSPS) is 10.5. The Morgan fingerprint density at radius 2 is 2.04 bits per heavy atom. The Morgan fingerprint density at radius 3 is 2.77 bits per heavy atom. The molecule has 2 heterocycles. The third-order valence-corrected chi connectivity index (χ3v) is 5.08. The number of pyridine rings is 1. The number of amides is 1. The summed E-state index contributed by atoms with van der Waals surface area (Å²) in [6, 6.07) is 12.0. The maximum absolute atomic E-state index is 11.9. The molecule has 2 N–H and O–H groups in total. The fourth-order valence-electron chi connectivity index (χ4n) is 2.68. The summed E-state index contributed by atoms with van der Waals surface area (Å²) in [5.41, 5.74) is 3.71. The molecule has 0 aliphatic heterocycles. The van der Waals surface area contributed by atoms with E-state index < -0.39 is 0 Å². The Labute approximate surface area is 156 Å². The molecule has 0 saturated carbocycles. The maximum atomic E-state index is 11.9. The zero-order chi connectivity index (χ0) is 18.5. The lowest BCUT2D eigenvalue weighted by molar-refractivity contribution is -0.120. The fourth-order valence-corrected chi connectivity index (χ4v) is 3.38. The van der Waals surface area contributed by atoms with Crippen molar-refractivity contribution in [1.29, 1.82) is 5.26 Å². The minimum Gasteiger partial charge on any atom is -0.367 e. The van der Waals surface area contributed by atoms with Gasteiger partial charge >= 0.3 is 0 Å². The lowest BCUT2D eigenvalue weighted by atomic mass is 10.0. The molecule has 0 fully saturated rings. The van der Waals surface area contributed by atoms with E-state index in [1.165, 1.54) is 11.1 Å². The molecule has 3 aromatic rings. The van der Waals surface area contributed by atoms with Gasteiger partial charge in [-0.15, -0.1) is 11.3 Å². The van der Waals surface area contributed by atoms with Crippen molar-refractivity contribution in [3.05, 3.63) is 57.3 Å². The number of aryl methyl sites for hydroxylation is 2. The monoisotopic (exact) mass is 364 g/mol. The first-order valence-corrected chi connectivity index (χ1v) is 9.30. The lowest BCUT2D eigenvalue weighted by Gasteiger charge is -2.11. The van der Waals surface area contributed by atoms with Crippen molar-refractivity contribution in [1.82, 2.24) is 10.3 Å². The number of thiophene rings is 1. The molecule has 5 nitrogen and oxygen atoms in total. The zero-order valence-electron chi connectivity index (χ0n) is 14.8. The molecule has 3 rings (SSSR count). The molecule has 0 atom stereocenters. The topological polar surface area (TPSA) is 77.8 Å². The average molecular weight is 364 g/mol. The Balaban J connectivity index is 1.62. The highest BCUT2D eigenvalue weighted by atomic mass is 32.1. The third-order valence-electron chi connectivity index (χ3n) is 4.21. The number of rotatable bonds is 6. The molecule has 0 radical (unpaired) electrons. The zero-order valence-corrected chi connectivity index (χ0v) is 15.6. The Morgan fingerprint density at radius 1 is 1.23 bits per heavy atom. The van der Waals surface area contributed by atoms with Crippen LogP contribution in [0, 0.1) is 25.2 Å². The molecular weight excluding hydrogens is 344 g/mol. The lowest BCUT2D eigenvalue weighted by Crippen LogP contribution is -2.30. The quantitative estimate of drug-likeness (QED) is 0.656. The molecule has 0 aliphatic rings. The van der Waals surface area contributed by atoms with Crippen LogP contribution in [-0.4, -0.2) is 24.0 Å². The van der Waals surface area contributed by atoms with Crippen LogP contribution in [-0.2, 0) is 11.2 Å². The van der Waals surface area contributed by atoms with Gasteiger partial charge in [-0.05, 0) is 54.6 Å². The van der Waals surface area contributed by atoms with Crippen molar-refractivity contribution in [2.45, 2.75) is 20.3 Å². The van der Waals surface area contributed by atoms with Gasteiger partial charge in [-0.1, -0.05) is 6.07 Å². The van der Waals surface area contributed by atoms with E-state index in [1.807, 2.05) is 49.6 Å². The van der Waals surface area contributed by atoms with Gasteiger partial charge in [-0.25, -0.2) is 4.98 Å². The molecule has 132 valence electrons. The van der Waals surface area contributed by atoms with Crippen LogP contribution in [0.4, 0.5) is 5.82 Å². The van der Waals surface area contributed by atoms with Crippen molar-refractivity contribution in [2.24, 2.45) is 0 Å². The standard InChI is InChI=1S/C20H20N4OS/c1-13-8-15-10-16(12-21)20(24-18(15)9-14(13)2)23-6-5-22-19(25)11-17-4-3-7-26-17/h3-4,7-10H,5-6,11H2,1-2H3,(H,22,25)(H,23,24). The predicted molar refractivity (Wildman–Crippen MR) is 105 cm³/mol. The second-order valence-electron chi connectivity index (χ2n) is 6.16. The Bertz CT molecular complexity index is 974. The highest BCUT2D eigenvalue weighted by Gasteiger charge is 2.08. The Hall–Kier alpha value is -2.91. The summed E-state index contributed by atoms with van der Waals surface area (Å²) in [5, 5.41) is 18.3. The molecule has 2 aromatic heterocycles. The second kappa shape index (κ2) is 7.98. The third kappa shape index (κ3) is 4.19. The molecule has 0 unspecified atom stereocenters. The van der Waals surface area contributed by atoms with E-state index in [0.29, 0.717) is 30.9 Å². The van der Waals surface area contributed by atoms with Crippen LogP contribution in [0.25, 0.3) is 10.9 Å². The molecule has 1 amide bonds. The number of nitrogens with one attached hydrogen (secondary N) is 2. The van der Waals surface area contributed by atoms with E-state index in [0.717, 1.165) is 15.8 Å². The van der Waals surface area contributed by atoms with Crippen molar-refractivity contribution in [3.8, 4) is 6.07 Å². The summed E-state index contributed by atoms with van der Waals surface area (Å²) < 4.78 is 0. The minimum absolute atomic E-state index is 0.00710. The smallest absolute Gasteiger partial charge is 0.225 e. The van der Waals surface area contributed by atoms with Crippen LogP contribution in [0.5, 0.6) is 0 Å². The Kier molecular flexibility index (Phi) is 5.49. The van der Waals surface area contributed by atoms with Gasteiger partial charge in [0.15, 0.2) is 0 Å². The summed E-state index contributed by atoms with van der Waals surface area (Å²) in [4.78, 5) is 17.5. The highest BCUT2D eigenvalue weighted by molar-refractivity contribution is 7.10. The number of fused-ring (bicyclic) bond motifs is 1. The summed E-state index contributed by atoms with van der Waals surface area (Å²) in [5.74, 6) is 0.545. The first-order chi connectivity index (χ1) is 12.6. The molecule has 0 spiro atoms. The number of nitriles is 1. The first kappa shape index (κ1) is 17.9. The molecular formula is C20H20N4OS. The van der Waals surface area contributed by atoms with Gasteiger partial charge in [0, 0.05) is 23.4 Å². The minimum atomic E-state index is -0.00710. The van der Waals surface area contributed by atoms with Gasteiger partial charge in [-0.3, -0.25) is 4.79 Å². The van der Waals surface area contributed by atoms with Crippen molar-refractivity contribution < 1.29 is 4.79 Å². The summed E-state index contributed by atoms with van der Waals surface area (Å²) in [6.07, 6.45) is 0.397. The number of benzene rings is 1. The highest BCUT2D eigenvalue weighted by Crippen LogP contribution is 2.23. The van der Waals surface area contributed by atoms with E-state index in [-0.39, 0.29) is 5.91 Å². The van der Waals surface area contributed by atoms with E-state index in [2.05, 4.69) is 21.7 Å². The van der Waals surface area contributed by atoms with Crippen LogP contribution in [0.3, 0.4) is 0 Å². The molecule has 0 bridgehead atoms. The molecule has 0 aliphatic carbocycles. The largest absolute Gasteiger partial charge is 0.367 e. The maximum Gasteiger partial charge on any atom is 0.225 e. The fraction of sp³-hybridized carbons (Fsp3) is 0.250. The molecule has 1 aromatic carbocycles. The molecule has 0 saturated heterocycles. The van der Waals surface area contributed by atoms with E-state index in [9.17, 15) is 10.1 Å². The van der Waals surface area contributed by atoms with Gasteiger partial charge in [0.2, 0.25) is 5.91 Å². The van der Waals surface area contributed by atoms with Gasteiger partial charge < -0.3 is 10.6 Å². The number of hydrogen-bond acceptors (Lipinski definition) is 5. The van der Waals surface area contributed by atoms with Crippen molar-refractivity contribution in [3.63, 3.8) is 0 Å². The SMILES string of the molecule is Cc1cc2cc(C#N)c(NCCNC(=O)Cc3cccs3)nc2cc1C. The molecule has 6 heteroatoms. The number of anilines is 1. The predicted octanol–water partition coefficient (Wildman–Crippen LogP) is 3.56. The van der Waals surface area contributed by atoms with Gasteiger partial charge in [0.1, 0.15) is 11.9 Å². The van der Waals surface area contributed by atoms with Crippen LogP contribution in [0.15, 0.2) is 35.7 Å². The van der Waals surface area contributed by atoms with Crippen LogP contribution >= 0.6 is 11.3 Å². The first-order valence-electron chi connectivity index (χ1n) is 8.42. The molecule has 26 heavy (non-hydrogen) atoms. The van der Waals surface area contributed by atoms with Gasteiger partial charge in [0.25, 0.3) is 0 Å².